The van der Waals surface area contributed by atoms with Gasteiger partial charge in [0.15, 0.2) is 0 Å². The lowest BCUT2D eigenvalue weighted by Crippen LogP contribution is -2.43. The van der Waals surface area contributed by atoms with E-state index in [9.17, 15) is 5.11 Å². The summed E-state index contributed by atoms with van der Waals surface area (Å²) in [6.07, 6.45) is 18.8. The van der Waals surface area contributed by atoms with Crippen LogP contribution in [0.1, 0.15) is 103 Å². The Balaban J connectivity index is 1.99. The van der Waals surface area contributed by atoms with E-state index in [1.54, 1.807) is 14.2 Å². The molecule has 0 amide bonds. The molecule has 0 aromatic rings. The summed E-state index contributed by atoms with van der Waals surface area (Å²) in [6.45, 7) is 2.84. The first-order chi connectivity index (χ1) is 14.1. The molecule has 0 saturated heterocycles. The lowest BCUT2D eigenvalue weighted by molar-refractivity contribution is -0.0273. The molecule has 0 aromatic carbocycles. The third-order valence-corrected chi connectivity index (χ3v) is 6.60. The lowest BCUT2D eigenvalue weighted by atomic mass is 10.0. The van der Waals surface area contributed by atoms with E-state index in [0.29, 0.717) is 6.61 Å². The third-order valence-electron chi connectivity index (χ3n) is 6.28. The van der Waals surface area contributed by atoms with Crippen molar-refractivity contribution in [3.05, 3.63) is 0 Å². The van der Waals surface area contributed by atoms with Crippen LogP contribution >= 0.6 is 12.2 Å². The molecule has 2 N–H and O–H groups in total. The van der Waals surface area contributed by atoms with Gasteiger partial charge in [0, 0.05) is 20.1 Å². The summed E-state index contributed by atoms with van der Waals surface area (Å²) in [6, 6.07) is 0.0876. The van der Waals surface area contributed by atoms with E-state index in [1.807, 2.05) is 0 Å². The standard InChI is InChI=1S/C24H47NO3S/c1-4-5-6-7-8-9-10-11-12-13-14-15-16-17-22(29)25-21-18-20(19-27-2)23(26)24(21)28-3/h20-21,23-24,26H,4-19H2,1-3H3,(H,25,29)/t20-,21+,23+,24?/m1/s1. The quantitative estimate of drug-likeness (QED) is 0.213. The van der Waals surface area contributed by atoms with Crippen molar-refractivity contribution in [1.82, 2.24) is 5.32 Å². The van der Waals surface area contributed by atoms with Crippen LogP contribution in [0, 0.1) is 5.92 Å². The van der Waals surface area contributed by atoms with E-state index in [0.717, 1.165) is 24.3 Å². The van der Waals surface area contributed by atoms with Crippen LogP contribution in [0.5, 0.6) is 0 Å². The number of aliphatic hydroxyl groups excluding tert-OH is 1. The molecular formula is C24H47NO3S. The summed E-state index contributed by atoms with van der Waals surface area (Å²) < 4.78 is 10.7. The zero-order valence-corrected chi connectivity index (χ0v) is 20.1. The first kappa shape index (κ1) is 26.8. The number of hydrogen-bond acceptors (Lipinski definition) is 4. The maximum Gasteiger partial charge on any atom is 0.103 e. The first-order valence-electron chi connectivity index (χ1n) is 12.1. The maximum absolute atomic E-state index is 10.4. The van der Waals surface area contributed by atoms with Crippen molar-refractivity contribution in [2.75, 3.05) is 20.8 Å². The Kier molecular flexibility index (Phi) is 16.1. The largest absolute Gasteiger partial charge is 0.390 e. The molecule has 29 heavy (non-hydrogen) atoms. The second-order valence-corrected chi connectivity index (χ2v) is 9.30. The Hall–Kier alpha value is -0.230. The van der Waals surface area contributed by atoms with Crippen molar-refractivity contribution in [1.29, 1.82) is 0 Å². The van der Waals surface area contributed by atoms with Gasteiger partial charge in [0.1, 0.15) is 6.10 Å². The van der Waals surface area contributed by atoms with Crippen molar-refractivity contribution >= 4 is 17.2 Å². The predicted molar refractivity (Wildman–Crippen MR) is 127 cm³/mol. The van der Waals surface area contributed by atoms with E-state index in [1.165, 1.54) is 77.0 Å². The SMILES string of the molecule is CCCCCCCCCCCCCCCC(=S)N[C@H]1C[C@H](COC)[C@H](O)C1OC. The Morgan fingerprint density at radius 2 is 1.41 bits per heavy atom. The van der Waals surface area contributed by atoms with Crippen LogP contribution in [-0.4, -0.2) is 49.2 Å². The van der Waals surface area contributed by atoms with Gasteiger partial charge in [-0.15, -0.1) is 0 Å². The minimum absolute atomic E-state index is 0.0876. The molecule has 1 fully saturated rings. The fourth-order valence-corrected chi connectivity index (χ4v) is 4.81. The van der Waals surface area contributed by atoms with Crippen LogP contribution in [0.25, 0.3) is 0 Å². The van der Waals surface area contributed by atoms with Gasteiger partial charge in [0.2, 0.25) is 0 Å². The van der Waals surface area contributed by atoms with Crippen LogP contribution in [-0.2, 0) is 9.47 Å². The van der Waals surface area contributed by atoms with Gasteiger partial charge in [0.05, 0.1) is 23.7 Å². The van der Waals surface area contributed by atoms with Crippen molar-refractivity contribution in [3.63, 3.8) is 0 Å². The Morgan fingerprint density at radius 1 is 0.897 bits per heavy atom. The molecule has 0 spiro atoms. The number of unbranched alkanes of at least 4 members (excludes halogenated alkanes) is 12. The van der Waals surface area contributed by atoms with Crippen LogP contribution in [0.4, 0.5) is 0 Å². The van der Waals surface area contributed by atoms with E-state index >= 15 is 0 Å². The van der Waals surface area contributed by atoms with Crippen molar-refractivity contribution in [3.8, 4) is 0 Å². The summed E-state index contributed by atoms with van der Waals surface area (Å²) >= 11 is 5.54. The Bertz CT molecular complexity index is 408. The van der Waals surface area contributed by atoms with E-state index < -0.39 is 6.10 Å². The normalized spacial score (nSPS) is 24.1. The third kappa shape index (κ3) is 11.7. The molecule has 1 unspecified atom stereocenters. The highest BCUT2D eigenvalue weighted by molar-refractivity contribution is 7.80. The number of nitrogens with one attached hydrogen (secondary N) is 1. The average molecular weight is 430 g/mol. The predicted octanol–water partition coefficient (Wildman–Crippen LogP) is 5.80. The molecule has 0 aromatic heterocycles. The fraction of sp³-hybridized carbons (Fsp3) is 0.958. The van der Waals surface area contributed by atoms with Gasteiger partial charge in [-0.05, 0) is 19.3 Å². The molecule has 0 bridgehead atoms. The van der Waals surface area contributed by atoms with Crippen molar-refractivity contribution in [2.24, 2.45) is 5.92 Å². The average Bonchev–Trinajstić information content (AvgIpc) is 3.00. The van der Waals surface area contributed by atoms with E-state index in [4.69, 9.17) is 21.7 Å². The number of ether oxygens (including phenoxy) is 2. The highest BCUT2D eigenvalue weighted by atomic mass is 32.1. The lowest BCUT2D eigenvalue weighted by Gasteiger charge is -2.23. The van der Waals surface area contributed by atoms with Crippen LogP contribution in [0.2, 0.25) is 0 Å². The molecule has 1 rings (SSSR count). The topological polar surface area (TPSA) is 50.7 Å². The van der Waals surface area contributed by atoms with Crippen molar-refractivity contribution in [2.45, 2.75) is 121 Å². The van der Waals surface area contributed by atoms with Gasteiger partial charge in [-0.3, -0.25) is 0 Å². The summed E-state index contributed by atoms with van der Waals surface area (Å²) in [5.74, 6) is 0.113. The minimum Gasteiger partial charge on any atom is -0.390 e. The molecule has 172 valence electrons. The molecule has 1 aliphatic rings. The zero-order valence-electron chi connectivity index (χ0n) is 19.3. The van der Waals surface area contributed by atoms with Gasteiger partial charge in [-0.25, -0.2) is 0 Å². The molecule has 4 atom stereocenters. The molecule has 4 nitrogen and oxygen atoms in total. The van der Waals surface area contributed by atoms with Gasteiger partial charge in [0.25, 0.3) is 0 Å². The van der Waals surface area contributed by atoms with E-state index in [2.05, 4.69) is 12.2 Å². The molecule has 0 radical (unpaired) electrons. The number of aliphatic hydroxyl groups is 1. The Morgan fingerprint density at radius 3 is 1.90 bits per heavy atom. The van der Waals surface area contributed by atoms with E-state index in [-0.39, 0.29) is 18.1 Å². The van der Waals surface area contributed by atoms with Gasteiger partial charge < -0.3 is 19.9 Å². The summed E-state index contributed by atoms with van der Waals surface area (Å²) in [4.78, 5) is 0.908. The molecule has 1 saturated carbocycles. The number of methoxy groups -OCH3 is 2. The molecule has 0 heterocycles. The van der Waals surface area contributed by atoms with Gasteiger partial charge in [-0.2, -0.15) is 0 Å². The molecule has 0 aliphatic heterocycles. The summed E-state index contributed by atoms with van der Waals surface area (Å²) in [5.41, 5.74) is 0. The van der Waals surface area contributed by atoms with Gasteiger partial charge in [-0.1, -0.05) is 96.2 Å². The van der Waals surface area contributed by atoms with Gasteiger partial charge >= 0.3 is 0 Å². The monoisotopic (exact) mass is 429 g/mol. The summed E-state index contributed by atoms with van der Waals surface area (Å²) in [7, 11) is 3.34. The molecular weight excluding hydrogens is 382 g/mol. The first-order valence-corrected chi connectivity index (χ1v) is 12.5. The molecule has 1 aliphatic carbocycles. The number of rotatable bonds is 18. The number of thiocarbonyl (C=S) groups is 1. The smallest absolute Gasteiger partial charge is 0.103 e. The zero-order chi connectivity index (χ0) is 21.3. The number of hydrogen-bond donors (Lipinski definition) is 2. The van der Waals surface area contributed by atoms with Crippen molar-refractivity contribution < 1.29 is 14.6 Å². The highest BCUT2D eigenvalue weighted by Crippen LogP contribution is 2.29. The fourth-order valence-electron chi connectivity index (χ4n) is 4.51. The summed E-state index contributed by atoms with van der Waals surface area (Å²) in [5, 5.41) is 13.8. The second-order valence-electron chi connectivity index (χ2n) is 8.81. The van der Waals surface area contributed by atoms with Crippen LogP contribution in [0.3, 0.4) is 0 Å². The van der Waals surface area contributed by atoms with Crippen LogP contribution < -0.4 is 5.32 Å². The highest BCUT2D eigenvalue weighted by Gasteiger charge is 2.42. The minimum atomic E-state index is -0.489. The molecule has 5 heteroatoms. The Labute approximate surface area is 185 Å². The second kappa shape index (κ2) is 17.5. The maximum atomic E-state index is 10.4. The van der Waals surface area contributed by atoms with Crippen LogP contribution in [0.15, 0.2) is 0 Å².